The van der Waals surface area contributed by atoms with Crippen LogP contribution in [0.2, 0.25) is 0 Å². The molecular weight excluding hydrogens is 351 g/mol. The van der Waals surface area contributed by atoms with E-state index in [-0.39, 0.29) is 11.9 Å². The molecule has 1 aromatic heterocycles. The van der Waals surface area contributed by atoms with Crippen molar-refractivity contribution in [3.05, 3.63) is 50.4 Å². The summed E-state index contributed by atoms with van der Waals surface area (Å²) in [7, 11) is 2.04. The van der Waals surface area contributed by atoms with Gasteiger partial charge in [0.15, 0.2) is 0 Å². The van der Waals surface area contributed by atoms with E-state index < -0.39 is 0 Å². The van der Waals surface area contributed by atoms with Crippen molar-refractivity contribution in [2.75, 3.05) is 18.5 Å². The Labute approximate surface area is 138 Å². The molecule has 2 aromatic rings. The zero-order chi connectivity index (χ0) is 15.4. The average Bonchev–Trinajstić information content (AvgIpc) is 2.84. The lowest BCUT2D eigenvalue weighted by atomic mass is 10.0. The van der Waals surface area contributed by atoms with Crippen LogP contribution in [0, 0.1) is 5.82 Å². The number of halogens is 2. The summed E-state index contributed by atoms with van der Waals surface area (Å²) in [5.41, 5.74) is 2.06. The Morgan fingerprint density at radius 2 is 2.14 bits per heavy atom. The fourth-order valence-electron chi connectivity index (χ4n) is 2.39. The van der Waals surface area contributed by atoms with Gasteiger partial charge >= 0.3 is 0 Å². The minimum Gasteiger partial charge on any atom is -0.369 e. The van der Waals surface area contributed by atoms with Crippen molar-refractivity contribution in [3.63, 3.8) is 0 Å². The number of nitrogens with zero attached hydrogens (tertiary/aromatic N) is 1. The molecule has 0 spiro atoms. The van der Waals surface area contributed by atoms with Crippen LogP contribution in [0.15, 0.2) is 34.1 Å². The highest BCUT2D eigenvalue weighted by molar-refractivity contribution is 9.10. The minimum absolute atomic E-state index is 0.123. The largest absolute Gasteiger partial charge is 0.369 e. The second kappa shape index (κ2) is 7.38. The molecule has 2 rings (SSSR count). The van der Waals surface area contributed by atoms with Gasteiger partial charge in [0.2, 0.25) is 0 Å². The Bertz CT molecular complexity index is 600. The Kier molecular flexibility index (Phi) is 5.79. The van der Waals surface area contributed by atoms with E-state index in [1.807, 2.05) is 13.1 Å². The lowest BCUT2D eigenvalue weighted by molar-refractivity contribution is 0.582. The van der Waals surface area contributed by atoms with Crippen molar-refractivity contribution >= 4 is 33.0 Å². The van der Waals surface area contributed by atoms with Crippen LogP contribution in [0.5, 0.6) is 0 Å². The van der Waals surface area contributed by atoms with Crippen molar-refractivity contribution in [2.24, 2.45) is 0 Å². The van der Waals surface area contributed by atoms with E-state index in [1.54, 1.807) is 17.4 Å². The number of thiophene rings is 1. The Morgan fingerprint density at radius 1 is 1.38 bits per heavy atom. The van der Waals surface area contributed by atoms with Crippen LogP contribution in [-0.4, -0.2) is 13.6 Å². The summed E-state index contributed by atoms with van der Waals surface area (Å²) in [6, 6.07) is 7.26. The molecule has 1 unspecified atom stereocenters. The maximum atomic E-state index is 13.6. The van der Waals surface area contributed by atoms with Crippen molar-refractivity contribution in [1.29, 1.82) is 0 Å². The molecule has 0 radical (unpaired) electrons. The maximum Gasteiger partial charge on any atom is 0.123 e. The van der Waals surface area contributed by atoms with E-state index in [2.05, 4.69) is 51.4 Å². The van der Waals surface area contributed by atoms with Gasteiger partial charge in [-0.15, -0.1) is 11.3 Å². The van der Waals surface area contributed by atoms with Gasteiger partial charge in [-0.25, -0.2) is 4.39 Å². The van der Waals surface area contributed by atoms with E-state index in [0.717, 1.165) is 28.8 Å². The normalized spacial score (nSPS) is 12.4. The third-order valence-electron chi connectivity index (χ3n) is 3.39. The predicted molar refractivity (Wildman–Crippen MR) is 92.6 cm³/mol. The van der Waals surface area contributed by atoms with Gasteiger partial charge in [-0.3, -0.25) is 0 Å². The highest BCUT2D eigenvalue weighted by Gasteiger charge is 2.14. The van der Waals surface area contributed by atoms with Gasteiger partial charge in [-0.05, 0) is 59.2 Å². The zero-order valence-electron chi connectivity index (χ0n) is 12.5. The number of benzene rings is 1. The molecular formula is C16H20BrFN2S. The van der Waals surface area contributed by atoms with E-state index in [1.165, 1.54) is 10.9 Å². The number of hydrogen-bond acceptors (Lipinski definition) is 3. The number of rotatable bonds is 6. The van der Waals surface area contributed by atoms with E-state index >= 15 is 0 Å². The summed E-state index contributed by atoms with van der Waals surface area (Å²) < 4.78 is 14.7. The summed E-state index contributed by atoms with van der Waals surface area (Å²) in [5.74, 6) is -0.189. The molecule has 0 aliphatic carbocycles. The third-order valence-corrected chi connectivity index (χ3v) is 5.07. The molecule has 114 valence electrons. The van der Waals surface area contributed by atoms with Crippen LogP contribution < -0.4 is 10.2 Å². The summed E-state index contributed by atoms with van der Waals surface area (Å²) >= 11 is 5.20. The molecule has 0 saturated heterocycles. The highest BCUT2D eigenvalue weighted by atomic mass is 79.9. The van der Waals surface area contributed by atoms with Crippen LogP contribution in [0.4, 0.5) is 10.1 Å². The van der Waals surface area contributed by atoms with Gasteiger partial charge < -0.3 is 10.2 Å². The van der Waals surface area contributed by atoms with Gasteiger partial charge in [-0.2, -0.15) is 0 Å². The number of anilines is 1. The standard InChI is InChI=1S/C16H20BrFN2S/c1-4-19-11(2)15-8-13(18)5-6-16(15)20(3)9-14-7-12(17)10-21-14/h5-8,10-11,19H,4,9H2,1-3H3. The molecule has 2 nitrogen and oxygen atoms in total. The topological polar surface area (TPSA) is 15.3 Å². The first-order valence-electron chi connectivity index (χ1n) is 6.98. The molecule has 1 aromatic carbocycles. The van der Waals surface area contributed by atoms with Gasteiger partial charge in [0.25, 0.3) is 0 Å². The average molecular weight is 371 g/mol. The summed E-state index contributed by atoms with van der Waals surface area (Å²) in [6.07, 6.45) is 0. The minimum atomic E-state index is -0.189. The van der Waals surface area contributed by atoms with Crippen molar-refractivity contribution in [2.45, 2.75) is 26.4 Å². The van der Waals surface area contributed by atoms with Crippen molar-refractivity contribution in [3.8, 4) is 0 Å². The molecule has 1 heterocycles. The molecule has 0 aliphatic heterocycles. The van der Waals surface area contributed by atoms with Crippen molar-refractivity contribution in [1.82, 2.24) is 5.32 Å². The molecule has 5 heteroatoms. The summed E-state index contributed by atoms with van der Waals surface area (Å²) in [4.78, 5) is 3.44. The fraction of sp³-hybridized carbons (Fsp3) is 0.375. The van der Waals surface area contributed by atoms with Crippen LogP contribution in [0.3, 0.4) is 0 Å². The molecule has 0 amide bonds. The quantitative estimate of drug-likeness (QED) is 0.772. The second-order valence-corrected chi connectivity index (χ2v) is 6.98. The van der Waals surface area contributed by atoms with Crippen LogP contribution >= 0.6 is 27.3 Å². The predicted octanol–water partition coefficient (Wildman–Crippen LogP) is 4.96. The lowest BCUT2D eigenvalue weighted by Gasteiger charge is -2.25. The monoisotopic (exact) mass is 370 g/mol. The van der Waals surface area contributed by atoms with Crippen LogP contribution in [0.1, 0.15) is 30.3 Å². The summed E-state index contributed by atoms with van der Waals surface area (Å²) in [6.45, 7) is 5.80. The zero-order valence-corrected chi connectivity index (χ0v) is 14.9. The third kappa shape index (κ3) is 4.28. The first-order chi connectivity index (χ1) is 10.0. The molecule has 1 N–H and O–H groups in total. The molecule has 0 bridgehead atoms. The Balaban J connectivity index is 2.25. The Hall–Kier alpha value is -0.910. The lowest BCUT2D eigenvalue weighted by Crippen LogP contribution is -2.23. The number of nitrogens with one attached hydrogen (secondary N) is 1. The molecule has 1 atom stereocenters. The van der Waals surface area contributed by atoms with Gasteiger partial charge in [0, 0.05) is 33.5 Å². The first kappa shape index (κ1) is 16.5. The van der Waals surface area contributed by atoms with Crippen molar-refractivity contribution < 1.29 is 4.39 Å². The van der Waals surface area contributed by atoms with Crippen LogP contribution in [-0.2, 0) is 6.54 Å². The SMILES string of the molecule is CCNC(C)c1cc(F)ccc1N(C)Cc1cc(Br)cs1. The van der Waals surface area contributed by atoms with Gasteiger partial charge in [-0.1, -0.05) is 6.92 Å². The Morgan fingerprint density at radius 3 is 2.76 bits per heavy atom. The maximum absolute atomic E-state index is 13.6. The van der Waals surface area contributed by atoms with Gasteiger partial charge in [0.1, 0.15) is 5.82 Å². The smallest absolute Gasteiger partial charge is 0.123 e. The van der Waals surface area contributed by atoms with Crippen LogP contribution in [0.25, 0.3) is 0 Å². The fourth-order valence-corrected chi connectivity index (χ4v) is 3.90. The van der Waals surface area contributed by atoms with Gasteiger partial charge in [0.05, 0.1) is 6.54 Å². The summed E-state index contributed by atoms with van der Waals surface area (Å²) in [5, 5.41) is 5.43. The van der Waals surface area contributed by atoms with E-state index in [9.17, 15) is 4.39 Å². The van der Waals surface area contributed by atoms with E-state index in [0.29, 0.717) is 0 Å². The molecule has 0 fully saturated rings. The first-order valence-corrected chi connectivity index (χ1v) is 8.65. The number of hydrogen-bond donors (Lipinski definition) is 1. The molecule has 21 heavy (non-hydrogen) atoms. The second-order valence-electron chi connectivity index (χ2n) is 5.07. The van der Waals surface area contributed by atoms with E-state index in [4.69, 9.17) is 0 Å². The molecule has 0 aliphatic rings. The highest BCUT2D eigenvalue weighted by Crippen LogP contribution is 2.29. The molecule has 0 saturated carbocycles.